The fraction of sp³-hybridized carbons (Fsp3) is 0.0769. The Morgan fingerprint density at radius 1 is 0.382 bits per heavy atom. The van der Waals surface area contributed by atoms with E-state index in [-0.39, 0.29) is 23.0 Å². The SMILES string of the molecule is Oc1ccc(Cl)cc1Cc1cc(Cl)ccc1O.Oc1ccc(Cl)cc1Cc1cc(Cl)ccc1O. The molecule has 4 rings (SSSR count). The number of hydrogen-bond acceptors (Lipinski definition) is 4. The van der Waals surface area contributed by atoms with Gasteiger partial charge >= 0.3 is 0 Å². The third kappa shape index (κ3) is 7.12. The predicted octanol–water partition coefficient (Wildman–Crippen LogP) is 7.99. The van der Waals surface area contributed by atoms with Crippen LogP contribution in [0.5, 0.6) is 23.0 Å². The quantitative estimate of drug-likeness (QED) is 0.212. The van der Waals surface area contributed by atoms with Crippen LogP contribution in [-0.2, 0) is 12.8 Å². The van der Waals surface area contributed by atoms with Gasteiger partial charge in [-0.1, -0.05) is 46.4 Å². The largest absolute Gasteiger partial charge is 0.508 e. The zero-order chi connectivity index (χ0) is 24.8. The minimum absolute atomic E-state index is 0.147. The summed E-state index contributed by atoms with van der Waals surface area (Å²) in [4.78, 5) is 0. The van der Waals surface area contributed by atoms with Crippen LogP contribution >= 0.6 is 46.4 Å². The first-order valence-electron chi connectivity index (χ1n) is 10.0. The summed E-state index contributed by atoms with van der Waals surface area (Å²) in [6, 6.07) is 19.2. The molecule has 0 spiro atoms. The van der Waals surface area contributed by atoms with Crippen molar-refractivity contribution in [1.82, 2.24) is 0 Å². The summed E-state index contributed by atoms with van der Waals surface area (Å²) in [5.74, 6) is 0.588. The molecule has 0 aliphatic heterocycles. The summed E-state index contributed by atoms with van der Waals surface area (Å²) in [5, 5.41) is 40.9. The Morgan fingerprint density at radius 2 is 0.588 bits per heavy atom. The number of hydrogen-bond donors (Lipinski definition) is 4. The highest BCUT2D eigenvalue weighted by molar-refractivity contribution is 6.31. The third-order valence-corrected chi connectivity index (χ3v) is 5.87. The van der Waals surface area contributed by atoms with Crippen molar-refractivity contribution < 1.29 is 20.4 Å². The van der Waals surface area contributed by atoms with Crippen LogP contribution < -0.4 is 0 Å². The molecule has 4 N–H and O–H groups in total. The smallest absolute Gasteiger partial charge is 0.119 e. The van der Waals surface area contributed by atoms with Gasteiger partial charge in [0.25, 0.3) is 0 Å². The second-order valence-corrected chi connectivity index (χ2v) is 9.19. The van der Waals surface area contributed by atoms with E-state index in [1.165, 1.54) is 24.3 Å². The van der Waals surface area contributed by atoms with Gasteiger partial charge in [0, 0.05) is 32.9 Å². The van der Waals surface area contributed by atoms with Gasteiger partial charge in [-0.2, -0.15) is 0 Å². The number of halogens is 4. The summed E-state index contributed by atoms with van der Waals surface area (Å²) in [6.07, 6.45) is 0.748. The first kappa shape index (κ1) is 25.9. The number of rotatable bonds is 4. The molecule has 0 aliphatic carbocycles. The van der Waals surface area contributed by atoms with E-state index in [0.29, 0.717) is 55.2 Å². The average Bonchev–Trinajstić information content (AvgIpc) is 2.79. The van der Waals surface area contributed by atoms with Crippen LogP contribution in [0.3, 0.4) is 0 Å². The minimum atomic E-state index is 0.147. The van der Waals surface area contributed by atoms with Gasteiger partial charge in [0.1, 0.15) is 23.0 Å². The molecule has 4 nitrogen and oxygen atoms in total. The highest BCUT2D eigenvalue weighted by Gasteiger charge is 2.09. The van der Waals surface area contributed by atoms with Crippen molar-refractivity contribution in [1.29, 1.82) is 0 Å². The highest BCUT2D eigenvalue weighted by atomic mass is 35.5. The second kappa shape index (κ2) is 11.6. The van der Waals surface area contributed by atoms with Crippen molar-refractivity contribution in [3.63, 3.8) is 0 Å². The summed E-state index contributed by atoms with van der Waals surface area (Å²) < 4.78 is 0. The van der Waals surface area contributed by atoms with E-state index in [0.717, 1.165) is 0 Å². The number of aromatic hydroxyl groups is 4. The topological polar surface area (TPSA) is 80.9 Å². The van der Waals surface area contributed by atoms with E-state index >= 15 is 0 Å². The van der Waals surface area contributed by atoms with E-state index in [4.69, 9.17) is 46.4 Å². The summed E-state index contributed by atoms with van der Waals surface area (Å²) in [6.45, 7) is 0. The highest BCUT2D eigenvalue weighted by Crippen LogP contribution is 2.30. The van der Waals surface area contributed by atoms with E-state index in [1.807, 2.05) is 0 Å². The lowest BCUT2D eigenvalue weighted by Gasteiger charge is -2.07. The lowest BCUT2D eigenvalue weighted by atomic mass is 10.0. The maximum atomic E-state index is 9.68. The van der Waals surface area contributed by atoms with E-state index in [1.54, 1.807) is 48.5 Å². The monoisotopic (exact) mass is 536 g/mol. The molecule has 176 valence electrons. The maximum Gasteiger partial charge on any atom is 0.119 e. The Labute approximate surface area is 217 Å². The van der Waals surface area contributed by atoms with Crippen LogP contribution in [0, 0.1) is 0 Å². The van der Waals surface area contributed by atoms with Gasteiger partial charge in [-0.25, -0.2) is 0 Å². The molecular formula is C26H20Cl4O4. The van der Waals surface area contributed by atoms with Gasteiger partial charge < -0.3 is 20.4 Å². The fourth-order valence-electron chi connectivity index (χ4n) is 3.19. The van der Waals surface area contributed by atoms with Gasteiger partial charge in [-0.3, -0.25) is 0 Å². The first-order valence-corrected chi connectivity index (χ1v) is 11.5. The molecule has 0 radical (unpaired) electrons. The van der Waals surface area contributed by atoms with Crippen LogP contribution in [0.2, 0.25) is 20.1 Å². The van der Waals surface area contributed by atoms with Crippen LogP contribution in [0.25, 0.3) is 0 Å². The van der Waals surface area contributed by atoms with Crippen molar-refractivity contribution >= 4 is 46.4 Å². The fourth-order valence-corrected chi connectivity index (χ4v) is 3.97. The van der Waals surface area contributed by atoms with Gasteiger partial charge in [0.15, 0.2) is 0 Å². The van der Waals surface area contributed by atoms with Gasteiger partial charge in [0.05, 0.1) is 0 Å². The lowest BCUT2D eigenvalue weighted by Crippen LogP contribution is -1.90. The van der Waals surface area contributed by atoms with E-state index < -0.39 is 0 Å². The molecule has 8 heteroatoms. The Bertz CT molecular complexity index is 1110. The molecule has 0 amide bonds. The Hall–Kier alpha value is -2.76. The summed E-state index contributed by atoms with van der Waals surface area (Å²) in [7, 11) is 0. The standard InChI is InChI=1S/2C13H10Cl2O2/c2*14-10-1-3-12(16)8(6-10)5-9-7-11(15)2-4-13(9)17/h2*1-4,6-7,16-17H,5H2. The lowest BCUT2D eigenvalue weighted by molar-refractivity contribution is 0.462. The van der Waals surface area contributed by atoms with Crippen molar-refractivity contribution in [2.45, 2.75) is 12.8 Å². The van der Waals surface area contributed by atoms with E-state index in [9.17, 15) is 20.4 Å². The van der Waals surface area contributed by atoms with Crippen LogP contribution in [0.1, 0.15) is 22.3 Å². The molecule has 0 heterocycles. The van der Waals surface area contributed by atoms with Crippen molar-refractivity contribution in [3.8, 4) is 23.0 Å². The van der Waals surface area contributed by atoms with Crippen LogP contribution in [0.15, 0.2) is 72.8 Å². The molecule has 0 aromatic heterocycles. The Morgan fingerprint density at radius 3 is 0.794 bits per heavy atom. The maximum absolute atomic E-state index is 9.68. The average molecular weight is 538 g/mol. The van der Waals surface area contributed by atoms with Crippen LogP contribution in [-0.4, -0.2) is 20.4 Å². The third-order valence-electron chi connectivity index (χ3n) is 4.93. The summed E-state index contributed by atoms with van der Waals surface area (Å²) in [5.41, 5.74) is 2.59. The number of benzene rings is 4. The van der Waals surface area contributed by atoms with Gasteiger partial charge in [-0.05, 0) is 95.1 Å². The van der Waals surface area contributed by atoms with Crippen LogP contribution in [0.4, 0.5) is 0 Å². The number of phenols is 4. The van der Waals surface area contributed by atoms with Crippen molar-refractivity contribution in [2.75, 3.05) is 0 Å². The molecule has 0 unspecified atom stereocenters. The molecule has 34 heavy (non-hydrogen) atoms. The normalized spacial score (nSPS) is 10.5. The molecule has 0 atom stereocenters. The summed E-state index contributed by atoms with van der Waals surface area (Å²) >= 11 is 23.4. The first-order chi connectivity index (χ1) is 16.1. The Balaban J connectivity index is 0.000000191. The minimum Gasteiger partial charge on any atom is -0.508 e. The molecule has 0 saturated heterocycles. The van der Waals surface area contributed by atoms with Gasteiger partial charge in [-0.15, -0.1) is 0 Å². The Kier molecular flexibility index (Phi) is 8.81. The molecule has 0 fully saturated rings. The molecule has 0 bridgehead atoms. The zero-order valence-corrected chi connectivity index (χ0v) is 20.7. The van der Waals surface area contributed by atoms with Crippen molar-refractivity contribution in [2.24, 2.45) is 0 Å². The van der Waals surface area contributed by atoms with Crippen molar-refractivity contribution in [3.05, 3.63) is 115 Å². The number of phenolic OH excluding ortho intramolecular Hbond substituents is 4. The molecule has 0 saturated carbocycles. The second-order valence-electron chi connectivity index (χ2n) is 7.45. The molecule has 4 aromatic rings. The molecule has 0 aliphatic rings. The molecule has 4 aromatic carbocycles. The van der Waals surface area contributed by atoms with E-state index in [2.05, 4.69) is 0 Å². The predicted molar refractivity (Wildman–Crippen MR) is 138 cm³/mol. The molecular weight excluding hydrogens is 518 g/mol. The van der Waals surface area contributed by atoms with Gasteiger partial charge in [0.2, 0.25) is 0 Å². The zero-order valence-electron chi connectivity index (χ0n) is 17.6.